The second-order valence-corrected chi connectivity index (χ2v) is 10.8. The zero-order valence-electron chi connectivity index (χ0n) is 22.9. The molecule has 10 nitrogen and oxygen atoms in total. The number of amidine groups is 1. The molecule has 1 saturated heterocycles. The van der Waals surface area contributed by atoms with E-state index >= 15 is 0 Å². The fourth-order valence-corrected chi connectivity index (χ4v) is 4.51. The quantitative estimate of drug-likeness (QED) is 0.251. The van der Waals surface area contributed by atoms with Crippen molar-refractivity contribution in [3.63, 3.8) is 0 Å². The van der Waals surface area contributed by atoms with Crippen LogP contribution in [-0.4, -0.2) is 55.9 Å². The lowest BCUT2D eigenvalue weighted by Crippen LogP contribution is -2.55. The van der Waals surface area contributed by atoms with E-state index in [1.54, 1.807) is 24.3 Å². The fourth-order valence-electron chi connectivity index (χ4n) is 4.51. The van der Waals surface area contributed by atoms with Crippen LogP contribution in [0.5, 0.6) is 6.01 Å². The van der Waals surface area contributed by atoms with E-state index in [0.717, 1.165) is 6.07 Å². The third-order valence-corrected chi connectivity index (χ3v) is 6.69. The van der Waals surface area contributed by atoms with Crippen LogP contribution in [0.15, 0.2) is 48.5 Å². The summed E-state index contributed by atoms with van der Waals surface area (Å²) >= 11 is 0. The monoisotopic (exact) mass is 588 g/mol. The van der Waals surface area contributed by atoms with Gasteiger partial charge in [0.05, 0.1) is 5.56 Å². The Bertz CT molecular complexity index is 1530. The smallest absolute Gasteiger partial charge is 0.401 e. The van der Waals surface area contributed by atoms with Crippen LogP contribution >= 0.6 is 0 Å². The van der Waals surface area contributed by atoms with E-state index in [9.17, 15) is 31.9 Å². The van der Waals surface area contributed by atoms with Crippen molar-refractivity contribution in [2.24, 2.45) is 17.1 Å². The molecule has 1 aliphatic heterocycles. The molecule has 0 bridgehead atoms. The van der Waals surface area contributed by atoms with Gasteiger partial charge in [-0.1, -0.05) is 57.2 Å². The van der Waals surface area contributed by atoms with Crippen molar-refractivity contribution in [1.82, 2.24) is 19.7 Å². The largest absolute Gasteiger partial charge is 0.458 e. The molecule has 2 amide bonds. The summed E-state index contributed by atoms with van der Waals surface area (Å²) in [6.07, 6.45) is -5.40. The molecule has 1 aliphatic rings. The maximum absolute atomic E-state index is 14.5. The molecule has 1 aromatic heterocycles. The molecule has 0 aliphatic carbocycles. The summed E-state index contributed by atoms with van der Waals surface area (Å²) in [5.74, 6) is -9.13. The van der Waals surface area contributed by atoms with Gasteiger partial charge in [-0.05, 0) is 24.1 Å². The van der Waals surface area contributed by atoms with Gasteiger partial charge in [0.15, 0.2) is 5.82 Å². The molecule has 2 unspecified atom stereocenters. The number of benzene rings is 2. The Balaban J connectivity index is 1.73. The lowest BCUT2D eigenvalue weighted by Gasteiger charge is -2.38. The summed E-state index contributed by atoms with van der Waals surface area (Å²) < 4.78 is 63.6. The fraction of sp³-hybridized carbons (Fsp3) is 0.357. The van der Waals surface area contributed by atoms with Gasteiger partial charge in [-0.15, -0.1) is 9.78 Å². The first-order valence-corrected chi connectivity index (χ1v) is 12.8. The standard InChI is InChI=1S/C28H28F4N6O4/c1-27(2,3)25(41)37-13-12-18(20(24(37)40)28(30,31)32)22-35-26(42-14-15-8-10-16(11-9-15)21(33)34)38(36-22)23(39)17-6-4-5-7-19(17)29/h4-11,18,20H,12-14H2,1-3H3,(H3,33,34). The van der Waals surface area contributed by atoms with Gasteiger partial charge >= 0.3 is 12.2 Å². The molecule has 2 aromatic carbocycles. The van der Waals surface area contributed by atoms with Gasteiger partial charge in [0.25, 0.3) is 5.91 Å². The molecule has 3 N–H and O–H groups in total. The van der Waals surface area contributed by atoms with Crippen molar-refractivity contribution in [1.29, 1.82) is 5.41 Å². The second-order valence-electron chi connectivity index (χ2n) is 10.8. The summed E-state index contributed by atoms with van der Waals surface area (Å²) in [5, 5.41) is 11.5. The van der Waals surface area contributed by atoms with Crippen LogP contribution in [0.3, 0.4) is 0 Å². The van der Waals surface area contributed by atoms with Crippen LogP contribution in [-0.2, 0) is 16.2 Å². The van der Waals surface area contributed by atoms with Gasteiger partial charge < -0.3 is 10.5 Å². The van der Waals surface area contributed by atoms with Crippen LogP contribution in [0.1, 0.15) is 60.4 Å². The first-order valence-electron chi connectivity index (χ1n) is 12.8. The van der Waals surface area contributed by atoms with E-state index < -0.39 is 64.4 Å². The van der Waals surface area contributed by atoms with Gasteiger partial charge in [-0.2, -0.15) is 18.2 Å². The summed E-state index contributed by atoms with van der Waals surface area (Å²) in [7, 11) is 0. The topological polar surface area (TPSA) is 144 Å². The molecule has 42 heavy (non-hydrogen) atoms. The Morgan fingerprint density at radius 2 is 1.74 bits per heavy atom. The second kappa shape index (κ2) is 11.3. The first kappa shape index (κ1) is 30.3. The number of amides is 2. The number of alkyl halides is 3. The predicted molar refractivity (Wildman–Crippen MR) is 141 cm³/mol. The molecule has 2 heterocycles. The molecule has 0 saturated carbocycles. The highest BCUT2D eigenvalue weighted by Crippen LogP contribution is 2.43. The van der Waals surface area contributed by atoms with Crippen LogP contribution in [0, 0.1) is 22.6 Å². The number of ether oxygens (including phenoxy) is 1. The Morgan fingerprint density at radius 1 is 1.10 bits per heavy atom. The molecule has 0 spiro atoms. The number of nitrogens with zero attached hydrogens (tertiary/aromatic N) is 4. The average Bonchev–Trinajstić information content (AvgIpc) is 3.34. The van der Waals surface area contributed by atoms with Crippen molar-refractivity contribution in [2.45, 2.75) is 45.9 Å². The normalized spacial score (nSPS) is 17.7. The van der Waals surface area contributed by atoms with Gasteiger partial charge in [-0.25, -0.2) is 4.39 Å². The highest BCUT2D eigenvalue weighted by Gasteiger charge is 2.56. The van der Waals surface area contributed by atoms with Gasteiger partial charge in [0, 0.05) is 23.4 Å². The number of nitrogens with one attached hydrogen (secondary N) is 1. The zero-order chi connectivity index (χ0) is 31.0. The Morgan fingerprint density at radius 3 is 2.31 bits per heavy atom. The van der Waals surface area contributed by atoms with E-state index in [1.165, 1.54) is 39.0 Å². The van der Waals surface area contributed by atoms with E-state index in [1.807, 2.05) is 0 Å². The molecule has 0 radical (unpaired) electrons. The van der Waals surface area contributed by atoms with Crippen molar-refractivity contribution < 1.29 is 36.7 Å². The number of imide groups is 1. The van der Waals surface area contributed by atoms with Gasteiger partial charge in [0.1, 0.15) is 24.2 Å². The van der Waals surface area contributed by atoms with Crippen molar-refractivity contribution >= 4 is 23.6 Å². The minimum Gasteiger partial charge on any atom is -0.458 e. The molecule has 1 fully saturated rings. The van der Waals surface area contributed by atoms with Crippen molar-refractivity contribution in [3.05, 3.63) is 76.9 Å². The number of nitrogen functional groups attached to an aromatic ring is 1. The third kappa shape index (κ3) is 6.16. The molecule has 222 valence electrons. The zero-order valence-corrected chi connectivity index (χ0v) is 22.9. The minimum atomic E-state index is -5.07. The number of likely N-dealkylation sites (tertiary alicyclic amines) is 1. The number of rotatable bonds is 6. The van der Waals surface area contributed by atoms with Crippen molar-refractivity contribution in [2.75, 3.05) is 6.54 Å². The summed E-state index contributed by atoms with van der Waals surface area (Å²) in [6.45, 7) is 3.94. The number of piperidine rings is 1. The first-order chi connectivity index (χ1) is 19.6. The number of aromatic nitrogens is 3. The number of halogens is 4. The molecule has 2 atom stereocenters. The van der Waals surface area contributed by atoms with Crippen molar-refractivity contribution in [3.8, 4) is 6.01 Å². The van der Waals surface area contributed by atoms with Crippen LogP contribution in [0.4, 0.5) is 17.6 Å². The van der Waals surface area contributed by atoms with Gasteiger partial charge in [0.2, 0.25) is 11.8 Å². The molecule has 3 aromatic rings. The van der Waals surface area contributed by atoms with E-state index in [-0.39, 0.29) is 25.4 Å². The highest BCUT2D eigenvalue weighted by atomic mass is 19.4. The Hall–Kier alpha value is -4.62. The number of hydrogen-bond donors (Lipinski definition) is 2. The maximum atomic E-state index is 14.5. The lowest BCUT2D eigenvalue weighted by atomic mass is 9.82. The Kier molecular flexibility index (Phi) is 8.19. The molecule has 14 heteroatoms. The number of carbonyl (C=O) groups is 3. The van der Waals surface area contributed by atoms with Gasteiger partial charge in [-0.3, -0.25) is 24.7 Å². The number of carbonyl (C=O) groups excluding carboxylic acids is 3. The molecular formula is C28H28F4N6O4. The highest BCUT2D eigenvalue weighted by molar-refractivity contribution is 6.00. The number of nitrogens with two attached hydrogens (primary N) is 1. The lowest BCUT2D eigenvalue weighted by molar-refractivity contribution is -0.201. The van der Waals surface area contributed by atoms with E-state index in [2.05, 4.69) is 10.1 Å². The average molecular weight is 589 g/mol. The predicted octanol–water partition coefficient (Wildman–Crippen LogP) is 4.04. The maximum Gasteiger partial charge on any atom is 0.401 e. The summed E-state index contributed by atoms with van der Waals surface area (Å²) in [5.41, 5.74) is 4.90. The van der Waals surface area contributed by atoms with Crippen LogP contribution < -0.4 is 10.5 Å². The molecule has 4 rings (SSSR count). The van der Waals surface area contributed by atoms with Crippen LogP contribution in [0.2, 0.25) is 0 Å². The Labute approximate surface area is 238 Å². The summed E-state index contributed by atoms with van der Waals surface area (Å²) in [6, 6.07) is 10.7. The van der Waals surface area contributed by atoms with Crippen LogP contribution in [0.25, 0.3) is 0 Å². The van der Waals surface area contributed by atoms with E-state index in [4.69, 9.17) is 15.9 Å². The molecular weight excluding hydrogens is 560 g/mol. The van der Waals surface area contributed by atoms with E-state index in [0.29, 0.717) is 20.7 Å². The third-order valence-electron chi connectivity index (χ3n) is 6.69. The summed E-state index contributed by atoms with van der Waals surface area (Å²) in [4.78, 5) is 43.7. The SMILES string of the molecule is CC(C)(C)C(=O)N1CCC(c2nc(OCc3ccc(C(=N)N)cc3)n(C(=O)c3ccccc3F)n2)C(C(F)(F)F)C1=O. The number of hydrogen-bond acceptors (Lipinski definition) is 7. The minimum absolute atomic E-state index is 0.161.